The number of hydrogen-bond acceptors (Lipinski definition) is 2. The minimum atomic E-state index is -1.06. The van der Waals surface area contributed by atoms with Crippen molar-refractivity contribution >= 4 is 23.6 Å². The summed E-state index contributed by atoms with van der Waals surface area (Å²) in [5.74, 6) is -1.25. The molecule has 0 saturated heterocycles. The van der Waals surface area contributed by atoms with E-state index in [4.69, 9.17) is 16.7 Å². The van der Waals surface area contributed by atoms with E-state index in [1.807, 2.05) is 0 Å². The minimum absolute atomic E-state index is 0.109. The SMILES string of the molecule is C=C(Cl)CNC(=O)N[C@H](C(=O)O)C(C)C. The molecule has 2 amide bonds. The summed E-state index contributed by atoms with van der Waals surface area (Å²) in [4.78, 5) is 21.9. The largest absolute Gasteiger partial charge is 0.480 e. The van der Waals surface area contributed by atoms with Gasteiger partial charge >= 0.3 is 12.0 Å². The Kier molecular flexibility index (Phi) is 5.77. The van der Waals surface area contributed by atoms with Crippen LogP contribution < -0.4 is 10.6 Å². The van der Waals surface area contributed by atoms with Gasteiger partial charge in [-0.05, 0) is 5.92 Å². The fraction of sp³-hybridized carbons (Fsp3) is 0.556. The first-order chi connectivity index (χ1) is 6.84. The zero-order valence-corrected chi connectivity index (χ0v) is 9.47. The molecule has 0 bridgehead atoms. The van der Waals surface area contributed by atoms with Crippen LogP contribution in [-0.4, -0.2) is 29.7 Å². The van der Waals surface area contributed by atoms with Crippen molar-refractivity contribution in [3.63, 3.8) is 0 Å². The number of carbonyl (C=O) groups excluding carboxylic acids is 1. The van der Waals surface area contributed by atoms with Crippen molar-refractivity contribution in [1.82, 2.24) is 10.6 Å². The highest BCUT2D eigenvalue weighted by Gasteiger charge is 2.22. The second kappa shape index (κ2) is 6.29. The smallest absolute Gasteiger partial charge is 0.326 e. The normalized spacial score (nSPS) is 12.0. The van der Waals surface area contributed by atoms with Gasteiger partial charge in [0, 0.05) is 5.03 Å². The molecule has 3 N–H and O–H groups in total. The molecule has 0 aromatic rings. The fourth-order valence-corrected chi connectivity index (χ4v) is 0.949. The van der Waals surface area contributed by atoms with E-state index in [1.54, 1.807) is 13.8 Å². The number of hydrogen-bond donors (Lipinski definition) is 3. The van der Waals surface area contributed by atoms with Crippen molar-refractivity contribution in [2.75, 3.05) is 6.54 Å². The van der Waals surface area contributed by atoms with Crippen LogP contribution in [0.3, 0.4) is 0 Å². The molecule has 86 valence electrons. The highest BCUT2D eigenvalue weighted by atomic mass is 35.5. The van der Waals surface area contributed by atoms with Crippen molar-refractivity contribution in [2.24, 2.45) is 5.92 Å². The predicted molar refractivity (Wildman–Crippen MR) is 57.8 cm³/mol. The molecule has 0 unspecified atom stereocenters. The number of carbonyl (C=O) groups is 2. The summed E-state index contributed by atoms with van der Waals surface area (Å²) in [5.41, 5.74) is 0. The van der Waals surface area contributed by atoms with Gasteiger partial charge < -0.3 is 15.7 Å². The van der Waals surface area contributed by atoms with Gasteiger partial charge in [-0.2, -0.15) is 0 Å². The van der Waals surface area contributed by atoms with Crippen LogP contribution in [0.15, 0.2) is 11.6 Å². The molecule has 0 aromatic heterocycles. The summed E-state index contributed by atoms with van der Waals surface area (Å²) in [7, 11) is 0. The predicted octanol–water partition coefficient (Wildman–Crippen LogP) is 1.15. The summed E-state index contributed by atoms with van der Waals surface area (Å²) >= 11 is 5.43. The summed E-state index contributed by atoms with van der Waals surface area (Å²) in [6.45, 7) is 6.91. The first kappa shape index (κ1) is 13.8. The van der Waals surface area contributed by atoms with E-state index in [0.717, 1.165) is 0 Å². The van der Waals surface area contributed by atoms with Gasteiger partial charge in [0.1, 0.15) is 6.04 Å². The lowest BCUT2D eigenvalue weighted by Gasteiger charge is -2.18. The monoisotopic (exact) mass is 234 g/mol. The lowest BCUT2D eigenvalue weighted by Crippen LogP contribution is -2.48. The summed E-state index contributed by atoms with van der Waals surface area (Å²) in [5, 5.41) is 13.8. The Morgan fingerprint density at radius 3 is 2.33 bits per heavy atom. The Morgan fingerprint density at radius 1 is 1.47 bits per heavy atom. The minimum Gasteiger partial charge on any atom is -0.480 e. The summed E-state index contributed by atoms with van der Waals surface area (Å²) < 4.78 is 0. The quantitative estimate of drug-likeness (QED) is 0.668. The molecule has 1 atom stereocenters. The van der Waals surface area contributed by atoms with Gasteiger partial charge in [-0.25, -0.2) is 9.59 Å². The van der Waals surface area contributed by atoms with Crippen LogP contribution in [0.25, 0.3) is 0 Å². The summed E-state index contributed by atoms with van der Waals surface area (Å²) in [6.07, 6.45) is 0. The molecular formula is C9H15ClN2O3. The fourth-order valence-electron chi connectivity index (χ4n) is 0.882. The Labute approximate surface area is 93.5 Å². The second-order valence-corrected chi connectivity index (χ2v) is 3.94. The Balaban J connectivity index is 4.12. The molecule has 0 aliphatic rings. The number of rotatable bonds is 5. The molecule has 0 aliphatic carbocycles. The molecule has 0 fully saturated rings. The molecule has 0 rings (SSSR count). The van der Waals surface area contributed by atoms with E-state index in [2.05, 4.69) is 17.2 Å². The van der Waals surface area contributed by atoms with E-state index in [0.29, 0.717) is 0 Å². The lowest BCUT2D eigenvalue weighted by molar-refractivity contribution is -0.140. The van der Waals surface area contributed by atoms with Crippen molar-refractivity contribution in [3.8, 4) is 0 Å². The Bertz CT molecular complexity index is 266. The number of aliphatic carboxylic acids is 1. The van der Waals surface area contributed by atoms with E-state index in [-0.39, 0.29) is 17.5 Å². The molecule has 5 nitrogen and oxygen atoms in total. The van der Waals surface area contributed by atoms with Crippen LogP contribution in [0.4, 0.5) is 4.79 Å². The van der Waals surface area contributed by atoms with E-state index in [9.17, 15) is 9.59 Å². The van der Waals surface area contributed by atoms with Gasteiger partial charge in [0.15, 0.2) is 0 Å². The molecular weight excluding hydrogens is 220 g/mol. The van der Waals surface area contributed by atoms with Crippen LogP contribution in [0, 0.1) is 5.92 Å². The van der Waals surface area contributed by atoms with Gasteiger partial charge in [0.05, 0.1) is 6.54 Å². The van der Waals surface area contributed by atoms with E-state index < -0.39 is 18.0 Å². The average Bonchev–Trinajstić information content (AvgIpc) is 2.09. The average molecular weight is 235 g/mol. The van der Waals surface area contributed by atoms with Crippen molar-refractivity contribution in [3.05, 3.63) is 11.6 Å². The van der Waals surface area contributed by atoms with Gasteiger partial charge in [-0.3, -0.25) is 0 Å². The highest BCUT2D eigenvalue weighted by molar-refractivity contribution is 6.29. The third-order valence-electron chi connectivity index (χ3n) is 1.66. The number of nitrogens with one attached hydrogen (secondary N) is 2. The molecule has 0 aliphatic heterocycles. The van der Waals surface area contributed by atoms with E-state index >= 15 is 0 Å². The molecule has 0 radical (unpaired) electrons. The highest BCUT2D eigenvalue weighted by Crippen LogP contribution is 2.01. The number of halogens is 1. The number of carboxylic acids is 1. The third-order valence-corrected chi connectivity index (χ3v) is 1.79. The Morgan fingerprint density at radius 2 is 2.00 bits per heavy atom. The number of carboxylic acid groups (broad SMARTS) is 1. The van der Waals surface area contributed by atoms with Gasteiger partial charge in [-0.1, -0.05) is 32.0 Å². The standard InChI is InChI=1S/C9H15ClN2O3/c1-5(2)7(8(13)14)12-9(15)11-4-6(3)10/h5,7H,3-4H2,1-2H3,(H,13,14)(H2,11,12,15)/t7-/m0/s1. The van der Waals surface area contributed by atoms with Crippen LogP contribution in [0.2, 0.25) is 0 Å². The Hall–Kier alpha value is -1.23. The maximum Gasteiger partial charge on any atom is 0.326 e. The maximum absolute atomic E-state index is 11.2. The van der Waals surface area contributed by atoms with Crippen LogP contribution in [0.5, 0.6) is 0 Å². The van der Waals surface area contributed by atoms with Crippen molar-refractivity contribution in [2.45, 2.75) is 19.9 Å². The molecule has 6 heteroatoms. The van der Waals surface area contributed by atoms with Gasteiger partial charge in [0.25, 0.3) is 0 Å². The topological polar surface area (TPSA) is 78.4 Å². The molecule has 15 heavy (non-hydrogen) atoms. The van der Waals surface area contributed by atoms with Crippen LogP contribution in [-0.2, 0) is 4.79 Å². The van der Waals surface area contributed by atoms with Gasteiger partial charge in [-0.15, -0.1) is 0 Å². The zero-order valence-electron chi connectivity index (χ0n) is 8.71. The van der Waals surface area contributed by atoms with Gasteiger partial charge in [0.2, 0.25) is 0 Å². The van der Waals surface area contributed by atoms with E-state index in [1.165, 1.54) is 0 Å². The number of amides is 2. The lowest BCUT2D eigenvalue weighted by atomic mass is 10.1. The molecule has 0 spiro atoms. The zero-order chi connectivity index (χ0) is 12.0. The van der Waals surface area contributed by atoms with Crippen molar-refractivity contribution < 1.29 is 14.7 Å². The summed E-state index contributed by atoms with van der Waals surface area (Å²) in [6, 6.07) is -1.48. The molecule has 0 aromatic carbocycles. The first-order valence-corrected chi connectivity index (χ1v) is 4.82. The number of urea groups is 1. The first-order valence-electron chi connectivity index (χ1n) is 4.45. The van der Waals surface area contributed by atoms with Crippen LogP contribution >= 0.6 is 11.6 Å². The third kappa shape index (κ3) is 5.96. The van der Waals surface area contributed by atoms with Crippen LogP contribution in [0.1, 0.15) is 13.8 Å². The maximum atomic E-state index is 11.2. The van der Waals surface area contributed by atoms with Crippen molar-refractivity contribution in [1.29, 1.82) is 0 Å². The molecule has 0 heterocycles. The molecule has 0 saturated carbocycles. The second-order valence-electron chi connectivity index (χ2n) is 3.40.